The molecule has 100 valence electrons. The molecule has 0 saturated heterocycles. The van der Waals surface area contributed by atoms with Crippen molar-refractivity contribution < 1.29 is 9.53 Å². The van der Waals surface area contributed by atoms with E-state index in [0.717, 1.165) is 22.7 Å². The van der Waals surface area contributed by atoms with Gasteiger partial charge in [0.15, 0.2) is 5.78 Å². The molecule has 0 amide bonds. The van der Waals surface area contributed by atoms with Crippen LogP contribution in [0.15, 0.2) is 30.6 Å². The molecule has 0 aliphatic carbocycles. The molecular formula is C15H18N2O2. The molecule has 0 atom stereocenters. The van der Waals surface area contributed by atoms with Crippen molar-refractivity contribution in [2.75, 3.05) is 7.11 Å². The Kier molecular flexibility index (Phi) is 4.00. The molecule has 0 N–H and O–H groups in total. The third-order valence-corrected chi connectivity index (χ3v) is 3.21. The van der Waals surface area contributed by atoms with Gasteiger partial charge in [-0.15, -0.1) is 0 Å². The summed E-state index contributed by atoms with van der Waals surface area (Å²) in [6.45, 7) is 1.94. The highest BCUT2D eigenvalue weighted by atomic mass is 16.5. The molecule has 0 spiro atoms. The molecule has 2 aromatic rings. The summed E-state index contributed by atoms with van der Waals surface area (Å²) in [5.41, 5.74) is 1.71. The number of hydrogen-bond acceptors (Lipinski definition) is 3. The second-order valence-electron chi connectivity index (χ2n) is 4.56. The minimum atomic E-state index is 0.133. The minimum absolute atomic E-state index is 0.133. The van der Waals surface area contributed by atoms with Gasteiger partial charge in [0.1, 0.15) is 11.6 Å². The second-order valence-corrected chi connectivity index (χ2v) is 4.56. The summed E-state index contributed by atoms with van der Waals surface area (Å²) in [7, 11) is 3.56. The summed E-state index contributed by atoms with van der Waals surface area (Å²) in [5, 5.41) is 0. The number of benzene rings is 1. The quantitative estimate of drug-likeness (QED) is 0.774. The molecule has 1 heterocycles. The van der Waals surface area contributed by atoms with Gasteiger partial charge in [-0.05, 0) is 30.7 Å². The smallest absolute Gasteiger partial charge is 0.163 e. The van der Waals surface area contributed by atoms with Gasteiger partial charge in [-0.25, -0.2) is 4.98 Å². The fourth-order valence-corrected chi connectivity index (χ4v) is 2.06. The van der Waals surface area contributed by atoms with Crippen LogP contribution in [0.5, 0.6) is 5.75 Å². The van der Waals surface area contributed by atoms with Crippen LogP contribution in [0.2, 0.25) is 0 Å². The SMILES string of the molecule is COc1ccc(C(=O)CCc2nccn2C)cc1C. The lowest BCUT2D eigenvalue weighted by molar-refractivity contribution is 0.0982. The molecule has 2 rings (SSSR count). The lowest BCUT2D eigenvalue weighted by atomic mass is 10.0. The van der Waals surface area contributed by atoms with Gasteiger partial charge in [-0.2, -0.15) is 0 Å². The van der Waals surface area contributed by atoms with Crippen molar-refractivity contribution in [1.82, 2.24) is 9.55 Å². The van der Waals surface area contributed by atoms with E-state index >= 15 is 0 Å². The number of carbonyl (C=O) groups is 1. The minimum Gasteiger partial charge on any atom is -0.496 e. The molecule has 0 aliphatic heterocycles. The molecule has 0 fully saturated rings. The Morgan fingerprint density at radius 3 is 2.79 bits per heavy atom. The standard InChI is InChI=1S/C15H18N2O2/c1-11-10-12(4-6-14(11)19-3)13(18)5-7-15-16-8-9-17(15)2/h4,6,8-10H,5,7H2,1-3H3. The summed E-state index contributed by atoms with van der Waals surface area (Å²) in [6, 6.07) is 5.52. The van der Waals surface area contributed by atoms with E-state index in [1.807, 2.05) is 42.9 Å². The Morgan fingerprint density at radius 1 is 1.42 bits per heavy atom. The molecule has 0 saturated carbocycles. The Morgan fingerprint density at radius 2 is 2.21 bits per heavy atom. The number of methoxy groups -OCH3 is 1. The average Bonchev–Trinajstić information content (AvgIpc) is 2.81. The second kappa shape index (κ2) is 5.69. The van der Waals surface area contributed by atoms with E-state index in [1.165, 1.54) is 0 Å². The number of ether oxygens (including phenoxy) is 1. The first-order valence-electron chi connectivity index (χ1n) is 6.26. The fourth-order valence-electron chi connectivity index (χ4n) is 2.06. The predicted molar refractivity (Wildman–Crippen MR) is 73.6 cm³/mol. The largest absolute Gasteiger partial charge is 0.496 e. The molecule has 1 aromatic carbocycles. The molecule has 4 nitrogen and oxygen atoms in total. The van der Waals surface area contributed by atoms with Crippen molar-refractivity contribution in [2.24, 2.45) is 7.05 Å². The van der Waals surface area contributed by atoms with Gasteiger partial charge in [-0.3, -0.25) is 4.79 Å². The molecular weight excluding hydrogens is 240 g/mol. The molecule has 4 heteroatoms. The van der Waals surface area contributed by atoms with E-state index in [4.69, 9.17) is 4.74 Å². The van der Waals surface area contributed by atoms with E-state index in [1.54, 1.807) is 13.3 Å². The Balaban J connectivity index is 2.04. The van der Waals surface area contributed by atoms with Crippen LogP contribution in [0, 0.1) is 6.92 Å². The highest BCUT2D eigenvalue weighted by molar-refractivity contribution is 5.96. The zero-order valence-corrected chi connectivity index (χ0v) is 11.5. The maximum Gasteiger partial charge on any atom is 0.163 e. The number of nitrogens with zero attached hydrogens (tertiary/aromatic N) is 2. The van der Waals surface area contributed by atoms with Gasteiger partial charge in [0.05, 0.1) is 7.11 Å². The van der Waals surface area contributed by atoms with Crippen LogP contribution in [0.25, 0.3) is 0 Å². The predicted octanol–water partition coefficient (Wildman–Crippen LogP) is 2.55. The maximum atomic E-state index is 12.1. The van der Waals surface area contributed by atoms with Crippen molar-refractivity contribution in [3.8, 4) is 5.75 Å². The van der Waals surface area contributed by atoms with Crippen LogP contribution >= 0.6 is 0 Å². The number of ketones is 1. The summed E-state index contributed by atoms with van der Waals surface area (Å²) >= 11 is 0. The fraction of sp³-hybridized carbons (Fsp3) is 0.333. The first-order chi connectivity index (χ1) is 9.11. The van der Waals surface area contributed by atoms with Crippen LogP contribution in [-0.2, 0) is 13.5 Å². The summed E-state index contributed by atoms with van der Waals surface area (Å²) in [5.74, 6) is 1.87. The van der Waals surface area contributed by atoms with E-state index in [9.17, 15) is 4.79 Å². The summed E-state index contributed by atoms with van der Waals surface area (Å²) in [4.78, 5) is 16.3. The van der Waals surface area contributed by atoms with Crippen LogP contribution in [0.3, 0.4) is 0 Å². The normalized spacial score (nSPS) is 10.5. The van der Waals surface area contributed by atoms with Gasteiger partial charge in [-0.1, -0.05) is 0 Å². The van der Waals surface area contributed by atoms with Crippen LogP contribution in [-0.4, -0.2) is 22.4 Å². The number of aromatic nitrogens is 2. The number of hydrogen-bond donors (Lipinski definition) is 0. The van der Waals surface area contributed by atoms with Crippen molar-refractivity contribution in [2.45, 2.75) is 19.8 Å². The zero-order chi connectivity index (χ0) is 13.8. The average molecular weight is 258 g/mol. The molecule has 0 unspecified atom stereocenters. The zero-order valence-electron chi connectivity index (χ0n) is 11.5. The molecule has 0 bridgehead atoms. The van der Waals surface area contributed by atoms with Crippen molar-refractivity contribution in [3.05, 3.63) is 47.5 Å². The van der Waals surface area contributed by atoms with Gasteiger partial charge >= 0.3 is 0 Å². The monoisotopic (exact) mass is 258 g/mol. The number of aryl methyl sites for hydroxylation is 3. The van der Waals surface area contributed by atoms with Crippen LogP contribution in [0.1, 0.15) is 28.2 Å². The third kappa shape index (κ3) is 3.02. The topological polar surface area (TPSA) is 44.1 Å². The van der Waals surface area contributed by atoms with Crippen LogP contribution < -0.4 is 4.74 Å². The van der Waals surface area contributed by atoms with E-state index in [-0.39, 0.29) is 5.78 Å². The van der Waals surface area contributed by atoms with Gasteiger partial charge in [0.2, 0.25) is 0 Å². The molecule has 1 aromatic heterocycles. The van der Waals surface area contributed by atoms with E-state index in [0.29, 0.717) is 12.8 Å². The van der Waals surface area contributed by atoms with E-state index in [2.05, 4.69) is 4.98 Å². The maximum absolute atomic E-state index is 12.1. The first-order valence-corrected chi connectivity index (χ1v) is 6.26. The summed E-state index contributed by atoms with van der Waals surface area (Å²) < 4.78 is 7.13. The first kappa shape index (κ1) is 13.3. The number of Topliss-reactive ketones (excluding diaryl/α,β-unsaturated/α-hetero) is 1. The molecule has 0 radical (unpaired) electrons. The number of imidazole rings is 1. The van der Waals surface area contributed by atoms with Gasteiger partial charge < -0.3 is 9.30 Å². The Hall–Kier alpha value is -2.10. The molecule has 19 heavy (non-hydrogen) atoms. The van der Waals surface area contributed by atoms with Crippen LogP contribution in [0.4, 0.5) is 0 Å². The van der Waals surface area contributed by atoms with E-state index < -0.39 is 0 Å². The number of rotatable bonds is 5. The third-order valence-electron chi connectivity index (χ3n) is 3.21. The van der Waals surface area contributed by atoms with Gasteiger partial charge in [0.25, 0.3) is 0 Å². The lowest BCUT2D eigenvalue weighted by Crippen LogP contribution is -2.05. The van der Waals surface area contributed by atoms with Gasteiger partial charge in [0, 0.05) is 37.8 Å². The van der Waals surface area contributed by atoms with Crippen molar-refractivity contribution in [3.63, 3.8) is 0 Å². The van der Waals surface area contributed by atoms with Crippen molar-refractivity contribution in [1.29, 1.82) is 0 Å². The lowest BCUT2D eigenvalue weighted by Gasteiger charge is -2.07. The van der Waals surface area contributed by atoms with Crippen molar-refractivity contribution >= 4 is 5.78 Å². The Labute approximate surface area is 113 Å². The summed E-state index contributed by atoms with van der Waals surface area (Å²) in [6.07, 6.45) is 4.76. The highest BCUT2D eigenvalue weighted by Gasteiger charge is 2.10. The molecule has 0 aliphatic rings. The highest BCUT2D eigenvalue weighted by Crippen LogP contribution is 2.19. The number of carbonyl (C=O) groups excluding carboxylic acids is 1. The Bertz CT molecular complexity index is 588.